The summed E-state index contributed by atoms with van der Waals surface area (Å²) in [4.78, 5) is 19.0. The Morgan fingerprint density at radius 2 is 2.08 bits per heavy atom. The lowest BCUT2D eigenvalue weighted by Crippen LogP contribution is -2.31. The van der Waals surface area contributed by atoms with Gasteiger partial charge in [0.15, 0.2) is 0 Å². The number of thiazole rings is 1. The maximum Gasteiger partial charge on any atom is 0.255 e. The van der Waals surface area contributed by atoms with Crippen LogP contribution in [0, 0.1) is 13.8 Å². The third kappa shape index (κ3) is 2.98. The third-order valence-corrected chi connectivity index (χ3v) is 5.63. The highest BCUT2D eigenvalue weighted by Gasteiger charge is 2.28. The van der Waals surface area contributed by atoms with Gasteiger partial charge in [-0.25, -0.2) is 4.98 Å². The minimum absolute atomic E-state index is 0.0147. The average Bonchev–Trinajstić information content (AvgIpc) is 3.18. The molecule has 1 atom stereocenters. The summed E-state index contributed by atoms with van der Waals surface area (Å²) in [6, 6.07) is 9.78. The molecular weight excluding hydrogens is 332 g/mol. The van der Waals surface area contributed by atoms with Gasteiger partial charge in [0.25, 0.3) is 5.91 Å². The summed E-state index contributed by atoms with van der Waals surface area (Å²) in [5, 5.41) is 11.6. The number of carbonyl (C=O) groups excluding carboxylic acids is 1. The predicted molar refractivity (Wildman–Crippen MR) is 98.8 cm³/mol. The van der Waals surface area contributed by atoms with Crippen LogP contribution in [0.2, 0.25) is 0 Å². The van der Waals surface area contributed by atoms with Crippen molar-refractivity contribution in [2.45, 2.75) is 39.2 Å². The Kier molecular flexibility index (Phi) is 4.13. The summed E-state index contributed by atoms with van der Waals surface area (Å²) in [6.07, 6.45) is 3.07. The van der Waals surface area contributed by atoms with Crippen LogP contribution in [0.25, 0.3) is 11.3 Å². The van der Waals surface area contributed by atoms with Crippen LogP contribution in [0.1, 0.15) is 50.5 Å². The second kappa shape index (κ2) is 6.44. The van der Waals surface area contributed by atoms with E-state index in [1.807, 2.05) is 44.2 Å². The van der Waals surface area contributed by atoms with Crippen LogP contribution in [0.15, 0.2) is 30.3 Å². The van der Waals surface area contributed by atoms with Crippen LogP contribution in [-0.2, 0) is 6.42 Å². The first kappa shape index (κ1) is 16.0. The van der Waals surface area contributed by atoms with Crippen molar-refractivity contribution in [3.63, 3.8) is 0 Å². The van der Waals surface area contributed by atoms with Gasteiger partial charge in [0.2, 0.25) is 0 Å². The van der Waals surface area contributed by atoms with E-state index in [0.717, 1.165) is 41.2 Å². The third-order valence-electron chi connectivity index (χ3n) is 4.59. The van der Waals surface area contributed by atoms with Crippen LogP contribution >= 0.6 is 11.3 Å². The number of carbonyl (C=O) groups is 1. The van der Waals surface area contributed by atoms with Gasteiger partial charge in [0.05, 0.1) is 22.3 Å². The van der Waals surface area contributed by atoms with E-state index in [1.54, 1.807) is 11.3 Å². The Bertz CT molecular complexity index is 913. The van der Waals surface area contributed by atoms with Crippen molar-refractivity contribution in [2.75, 3.05) is 0 Å². The molecule has 0 bridgehead atoms. The number of H-pyrrole nitrogens is 1. The summed E-state index contributed by atoms with van der Waals surface area (Å²) in [5.41, 5.74) is 4.07. The normalized spacial score (nSPS) is 16.5. The summed E-state index contributed by atoms with van der Waals surface area (Å²) < 4.78 is 0. The van der Waals surface area contributed by atoms with Gasteiger partial charge in [-0.3, -0.25) is 9.89 Å². The van der Waals surface area contributed by atoms with Crippen LogP contribution in [-0.4, -0.2) is 21.1 Å². The molecule has 1 aliphatic carbocycles. The van der Waals surface area contributed by atoms with E-state index in [9.17, 15) is 4.79 Å². The first-order chi connectivity index (χ1) is 12.1. The second-order valence-corrected chi connectivity index (χ2v) is 7.69. The van der Waals surface area contributed by atoms with Crippen LogP contribution < -0.4 is 5.32 Å². The Hall–Kier alpha value is -2.47. The Labute approximate surface area is 150 Å². The molecule has 0 fully saturated rings. The van der Waals surface area contributed by atoms with Gasteiger partial charge in [-0.2, -0.15) is 5.10 Å². The summed E-state index contributed by atoms with van der Waals surface area (Å²) in [5.74, 6) is -0.0893. The van der Waals surface area contributed by atoms with E-state index < -0.39 is 0 Å². The topological polar surface area (TPSA) is 70.7 Å². The van der Waals surface area contributed by atoms with Crippen molar-refractivity contribution in [3.05, 3.63) is 57.2 Å². The Morgan fingerprint density at radius 1 is 1.28 bits per heavy atom. The molecule has 2 aromatic heterocycles. The standard InChI is InChI=1S/C19H20N4OS/c1-11-16(17(23-22-11)13-7-4-3-5-8-13)19(24)21-14-9-6-10-15-18(14)20-12(2)25-15/h3-5,7-8,14H,6,9-10H2,1-2H3,(H,21,24)(H,22,23). The van der Waals surface area contributed by atoms with Crippen LogP contribution in [0.5, 0.6) is 0 Å². The van der Waals surface area contributed by atoms with E-state index in [0.29, 0.717) is 11.3 Å². The van der Waals surface area contributed by atoms with Gasteiger partial charge in [0, 0.05) is 16.1 Å². The number of nitrogens with one attached hydrogen (secondary N) is 2. The molecule has 1 unspecified atom stereocenters. The van der Waals surface area contributed by atoms with Crippen LogP contribution in [0.3, 0.4) is 0 Å². The number of rotatable bonds is 3. The largest absolute Gasteiger partial charge is 0.343 e. The lowest BCUT2D eigenvalue weighted by atomic mass is 9.97. The lowest BCUT2D eigenvalue weighted by molar-refractivity contribution is 0.0932. The molecule has 0 saturated carbocycles. The number of hydrogen-bond acceptors (Lipinski definition) is 4. The van der Waals surface area contributed by atoms with E-state index >= 15 is 0 Å². The molecule has 3 aromatic rings. The monoisotopic (exact) mass is 352 g/mol. The van der Waals surface area contributed by atoms with Crippen molar-refractivity contribution >= 4 is 17.2 Å². The number of nitrogens with zero attached hydrogens (tertiary/aromatic N) is 2. The predicted octanol–water partition coefficient (Wildman–Crippen LogP) is 3.96. The minimum atomic E-state index is -0.0893. The Morgan fingerprint density at radius 3 is 2.88 bits per heavy atom. The number of amides is 1. The van der Waals surface area contributed by atoms with Crippen molar-refractivity contribution in [2.24, 2.45) is 0 Å². The average molecular weight is 352 g/mol. The molecule has 5 nitrogen and oxygen atoms in total. The van der Waals surface area contributed by atoms with Crippen LogP contribution in [0.4, 0.5) is 0 Å². The summed E-state index contributed by atoms with van der Waals surface area (Å²) in [7, 11) is 0. The smallest absolute Gasteiger partial charge is 0.255 e. The second-order valence-electron chi connectivity index (χ2n) is 6.40. The maximum absolute atomic E-state index is 13.0. The van der Waals surface area contributed by atoms with Gasteiger partial charge >= 0.3 is 0 Å². The molecule has 1 aliphatic rings. The first-order valence-electron chi connectivity index (χ1n) is 8.51. The number of benzene rings is 1. The highest BCUT2D eigenvalue weighted by molar-refractivity contribution is 7.11. The van der Waals surface area contributed by atoms with Gasteiger partial charge in [-0.15, -0.1) is 11.3 Å². The zero-order valence-electron chi connectivity index (χ0n) is 14.3. The molecule has 0 aliphatic heterocycles. The van der Waals surface area contributed by atoms with Gasteiger partial charge < -0.3 is 5.32 Å². The van der Waals surface area contributed by atoms with Gasteiger partial charge in [0.1, 0.15) is 5.69 Å². The molecule has 0 radical (unpaired) electrons. The molecule has 128 valence electrons. The van der Waals surface area contributed by atoms with E-state index in [-0.39, 0.29) is 11.9 Å². The van der Waals surface area contributed by atoms with Crippen molar-refractivity contribution in [1.82, 2.24) is 20.5 Å². The van der Waals surface area contributed by atoms with Crippen molar-refractivity contribution in [3.8, 4) is 11.3 Å². The summed E-state index contributed by atoms with van der Waals surface area (Å²) >= 11 is 1.74. The Balaban J connectivity index is 1.64. The molecule has 25 heavy (non-hydrogen) atoms. The molecular formula is C19H20N4OS. The highest BCUT2D eigenvalue weighted by Crippen LogP contribution is 2.33. The molecule has 1 amide bonds. The fourth-order valence-electron chi connectivity index (χ4n) is 3.42. The van der Waals surface area contributed by atoms with Crippen molar-refractivity contribution < 1.29 is 4.79 Å². The number of aryl methyl sites for hydroxylation is 3. The van der Waals surface area contributed by atoms with E-state index in [2.05, 4.69) is 20.5 Å². The minimum Gasteiger partial charge on any atom is -0.343 e. The lowest BCUT2D eigenvalue weighted by Gasteiger charge is -2.22. The zero-order chi connectivity index (χ0) is 17.4. The number of fused-ring (bicyclic) bond motifs is 1. The fraction of sp³-hybridized carbons (Fsp3) is 0.316. The summed E-state index contributed by atoms with van der Waals surface area (Å²) in [6.45, 7) is 3.91. The van der Waals surface area contributed by atoms with Gasteiger partial charge in [-0.1, -0.05) is 30.3 Å². The fourth-order valence-corrected chi connectivity index (χ4v) is 4.46. The number of hydrogen-bond donors (Lipinski definition) is 2. The molecule has 2 N–H and O–H groups in total. The molecule has 4 rings (SSSR count). The first-order valence-corrected chi connectivity index (χ1v) is 9.32. The molecule has 1 aromatic carbocycles. The molecule has 2 heterocycles. The molecule has 0 spiro atoms. The molecule has 0 saturated heterocycles. The van der Waals surface area contributed by atoms with Crippen molar-refractivity contribution in [1.29, 1.82) is 0 Å². The molecule has 6 heteroatoms. The number of aromatic amines is 1. The van der Waals surface area contributed by atoms with E-state index in [1.165, 1.54) is 4.88 Å². The number of aromatic nitrogens is 3. The maximum atomic E-state index is 13.0. The highest BCUT2D eigenvalue weighted by atomic mass is 32.1. The quantitative estimate of drug-likeness (QED) is 0.749. The van der Waals surface area contributed by atoms with E-state index in [4.69, 9.17) is 0 Å². The SMILES string of the molecule is Cc1nc2c(s1)CCCC2NC(=O)c1c(-c2ccccc2)n[nH]c1C. The van der Waals surface area contributed by atoms with Gasteiger partial charge in [-0.05, 0) is 33.1 Å². The zero-order valence-corrected chi connectivity index (χ0v) is 15.1.